The molecule has 0 spiro atoms. The second-order valence-corrected chi connectivity index (χ2v) is 7.05. The number of para-hydroxylation sites is 2. The minimum Gasteiger partial charge on any atom is -0.509 e. The van der Waals surface area contributed by atoms with Gasteiger partial charge >= 0.3 is 0 Å². The summed E-state index contributed by atoms with van der Waals surface area (Å²) >= 11 is 3.56. The Labute approximate surface area is 153 Å². The first-order valence-corrected chi connectivity index (χ1v) is 8.73. The lowest BCUT2D eigenvalue weighted by Crippen LogP contribution is -2.26. The Bertz CT molecular complexity index is 1050. The van der Waals surface area contributed by atoms with Gasteiger partial charge in [0.05, 0.1) is 28.8 Å². The molecule has 126 valence electrons. The molecule has 0 amide bonds. The van der Waals surface area contributed by atoms with Crippen LogP contribution >= 0.6 is 15.9 Å². The summed E-state index contributed by atoms with van der Waals surface area (Å²) in [6.45, 7) is 2.28. The third-order valence-corrected chi connectivity index (χ3v) is 5.14. The van der Waals surface area contributed by atoms with Crippen molar-refractivity contribution in [2.75, 3.05) is 11.4 Å². The predicted octanol–water partition coefficient (Wildman–Crippen LogP) is 4.41. The second-order valence-electron chi connectivity index (χ2n) is 6.19. The molecule has 2 heterocycles. The fourth-order valence-electron chi connectivity index (χ4n) is 3.22. The minimum atomic E-state index is 0.163. The normalized spacial score (nSPS) is 14.8. The van der Waals surface area contributed by atoms with Gasteiger partial charge in [-0.2, -0.15) is 0 Å². The van der Waals surface area contributed by atoms with Gasteiger partial charge in [-0.05, 0) is 52.7 Å². The van der Waals surface area contributed by atoms with Crippen molar-refractivity contribution in [2.45, 2.75) is 6.92 Å². The number of anilines is 1. The van der Waals surface area contributed by atoms with Gasteiger partial charge in [-0.3, -0.25) is 5.41 Å². The van der Waals surface area contributed by atoms with Crippen LogP contribution in [0.5, 0.6) is 0 Å². The van der Waals surface area contributed by atoms with Crippen LogP contribution in [0.15, 0.2) is 52.7 Å². The van der Waals surface area contributed by atoms with Gasteiger partial charge in [0.2, 0.25) is 0 Å². The van der Waals surface area contributed by atoms with Crippen molar-refractivity contribution in [3.63, 3.8) is 0 Å². The summed E-state index contributed by atoms with van der Waals surface area (Å²) in [7, 11) is 1.91. The number of aromatic nitrogens is 2. The van der Waals surface area contributed by atoms with E-state index in [4.69, 9.17) is 5.41 Å². The van der Waals surface area contributed by atoms with Crippen LogP contribution in [0.2, 0.25) is 0 Å². The molecule has 25 heavy (non-hydrogen) atoms. The Morgan fingerprint density at radius 2 is 1.96 bits per heavy atom. The number of hydrogen-bond acceptors (Lipinski definition) is 3. The van der Waals surface area contributed by atoms with Crippen molar-refractivity contribution >= 4 is 44.1 Å². The first kappa shape index (κ1) is 15.9. The number of rotatable bonds is 2. The smallest absolute Gasteiger partial charge is 0.148 e. The van der Waals surface area contributed by atoms with Crippen molar-refractivity contribution in [2.24, 2.45) is 7.05 Å². The number of halogens is 1. The van der Waals surface area contributed by atoms with Gasteiger partial charge < -0.3 is 14.6 Å². The molecule has 3 aromatic rings. The van der Waals surface area contributed by atoms with E-state index in [-0.39, 0.29) is 18.1 Å². The number of aryl methyl sites for hydroxylation is 2. The first-order valence-electron chi connectivity index (χ1n) is 7.94. The van der Waals surface area contributed by atoms with Crippen LogP contribution in [-0.2, 0) is 7.05 Å². The highest BCUT2D eigenvalue weighted by atomic mass is 79.9. The molecule has 2 aromatic carbocycles. The molecule has 1 aliphatic heterocycles. The summed E-state index contributed by atoms with van der Waals surface area (Å²) in [4.78, 5) is 6.41. The fraction of sp³-hybridized carbons (Fsp3) is 0.158. The Morgan fingerprint density at radius 1 is 1.20 bits per heavy atom. The largest absolute Gasteiger partial charge is 0.509 e. The molecule has 0 radical (unpaired) electrons. The van der Waals surface area contributed by atoms with Crippen molar-refractivity contribution in [3.8, 4) is 0 Å². The summed E-state index contributed by atoms with van der Waals surface area (Å²) in [5.41, 5.74) is 4.29. The third kappa shape index (κ3) is 2.44. The van der Waals surface area contributed by atoms with E-state index in [1.54, 1.807) is 4.90 Å². The van der Waals surface area contributed by atoms with Crippen molar-refractivity contribution < 1.29 is 5.11 Å². The minimum absolute atomic E-state index is 0.163. The van der Waals surface area contributed by atoms with E-state index in [9.17, 15) is 5.11 Å². The first-order chi connectivity index (χ1) is 12.0. The zero-order valence-electron chi connectivity index (χ0n) is 13.9. The van der Waals surface area contributed by atoms with Gasteiger partial charge in [0.25, 0.3) is 0 Å². The summed E-state index contributed by atoms with van der Waals surface area (Å²) < 4.78 is 2.82. The summed E-state index contributed by atoms with van der Waals surface area (Å²) in [5.74, 6) is 1.02. The molecule has 0 atom stereocenters. The number of amidine groups is 1. The Kier molecular flexibility index (Phi) is 3.65. The van der Waals surface area contributed by atoms with Crippen LogP contribution in [-0.4, -0.2) is 27.0 Å². The molecule has 0 saturated carbocycles. The molecule has 0 bridgehead atoms. The molecular weight excluding hydrogens is 380 g/mol. The molecule has 1 aromatic heterocycles. The highest BCUT2D eigenvalue weighted by Gasteiger charge is 2.33. The molecular formula is C19H17BrN4O. The van der Waals surface area contributed by atoms with E-state index in [2.05, 4.69) is 20.9 Å². The Hall–Kier alpha value is -2.60. The van der Waals surface area contributed by atoms with Crippen LogP contribution in [0.1, 0.15) is 11.4 Å². The van der Waals surface area contributed by atoms with E-state index in [1.807, 2.05) is 61.0 Å². The Balaban J connectivity index is 1.79. The number of nitrogens with one attached hydrogen (secondary N) is 1. The molecule has 4 rings (SSSR count). The van der Waals surface area contributed by atoms with Crippen LogP contribution in [0, 0.1) is 12.3 Å². The summed E-state index contributed by atoms with van der Waals surface area (Å²) in [6.07, 6.45) is 0. The second kappa shape index (κ2) is 5.74. The van der Waals surface area contributed by atoms with Gasteiger partial charge in [-0.15, -0.1) is 0 Å². The Morgan fingerprint density at radius 3 is 2.68 bits per heavy atom. The van der Waals surface area contributed by atoms with Gasteiger partial charge in [0.15, 0.2) is 0 Å². The summed E-state index contributed by atoms with van der Waals surface area (Å²) in [6, 6.07) is 13.8. The number of hydrogen-bond donors (Lipinski definition) is 2. The lowest BCUT2D eigenvalue weighted by molar-refractivity contribution is 0.411. The molecule has 1 aliphatic rings. The number of fused-ring (bicyclic) bond motifs is 1. The maximum atomic E-state index is 10.6. The lowest BCUT2D eigenvalue weighted by Gasteiger charge is -2.20. The fourth-order valence-corrected chi connectivity index (χ4v) is 3.93. The molecule has 2 N–H and O–H groups in total. The van der Waals surface area contributed by atoms with E-state index in [0.29, 0.717) is 11.4 Å². The maximum absolute atomic E-state index is 10.6. The van der Waals surface area contributed by atoms with Crippen molar-refractivity contribution in [1.29, 1.82) is 5.41 Å². The number of aliphatic hydroxyl groups is 1. The highest BCUT2D eigenvalue weighted by molar-refractivity contribution is 9.10. The number of imidazole rings is 1. The maximum Gasteiger partial charge on any atom is 0.148 e. The van der Waals surface area contributed by atoms with Crippen LogP contribution in [0.25, 0.3) is 16.6 Å². The zero-order chi connectivity index (χ0) is 17.7. The summed E-state index contributed by atoms with van der Waals surface area (Å²) in [5, 5.41) is 19.2. The predicted molar refractivity (Wildman–Crippen MR) is 104 cm³/mol. The van der Waals surface area contributed by atoms with Crippen LogP contribution in [0.4, 0.5) is 5.69 Å². The van der Waals surface area contributed by atoms with E-state index < -0.39 is 0 Å². The average molecular weight is 397 g/mol. The van der Waals surface area contributed by atoms with Crippen molar-refractivity contribution in [3.05, 3.63) is 64.1 Å². The van der Waals surface area contributed by atoms with E-state index in [1.165, 1.54) is 0 Å². The van der Waals surface area contributed by atoms with Crippen molar-refractivity contribution in [1.82, 2.24) is 9.55 Å². The van der Waals surface area contributed by atoms with Crippen LogP contribution in [0.3, 0.4) is 0 Å². The quantitative estimate of drug-likeness (QED) is 0.673. The molecule has 0 saturated heterocycles. The molecule has 0 unspecified atom stereocenters. The zero-order valence-corrected chi connectivity index (χ0v) is 15.5. The third-order valence-electron chi connectivity index (χ3n) is 4.51. The van der Waals surface area contributed by atoms with Crippen LogP contribution < -0.4 is 4.90 Å². The molecule has 6 heteroatoms. The van der Waals surface area contributed by atoms with Gasteiger partial charge in [-0.25, -0.2) is 4.98 Å². The van der Waals surface area contributed by atoms with Gasteiger partial charge in [0.1, 0.15) is 17.4 Å². The monoisotopic (exact) mass is 396 g/mol. The topological polar surface area (TPSA) is 65.1 Å². The highest BCUT2D eigenvalue weighted by Crippen LogP contribution is 2.35. The molecule has 5 nitrogen and oxygen atoms in total. The standard InChI is InChI=1S/C19H17BrN4O/c1-11-7-8-14(12(20)9-11)24-10-16(25)17(18(24)21)19-22-13-5-3-4-6-15(13)23(19)2/h3-9,21,25H,10H2,1-2H3. The molecule has 0 fully saturated rings. The SMILES string of the molecule is Cc1ccc(N2CC(O)=C(c3nc4ccccc4n3C)C2=N)c(Br)c1. The molecule has 0 aliphatic carbocycles. The average Bonchev–Trinajstić information content (AvgIpc) is 3.05. The van der Waals surface area contributed by atoms with Gasteiger partial charge in [0, 0.05) is 11.5 Å². The lowest BCUT2D eigenvalue weighted by atomic mass is 10.2. The van der Waals surface area contributed by atoms with Gasteiger partial charge in [-0.1, -0.05) is 18.2 Å². The number of benzene rings is 2. The van der Waals surface area contributed by atoms with E-state index >= 15 is 0 Å². The number of aliphatic hydroxyl groups excluding tert-OH is 1. The number of nitrogens with zero attached hydrogens (tertiary/aromatic N) is 3. The van der Waals surface area contributed by atoms with E-state index in [0.717, 1.165) is 26.8 Å².